The average molecular weight is 405 g/mol. The molecule has 2 aromatic rings. The van der Waals surface area contributed by atoms with Crippen molar-refractivity contribution in [2.45, 2.75) is 38.6 Å². The number of rotatable bonds is 7. The molecule has 2 amide bonds. The van der Waals surface area contributed by atoms with E-state index in [0.717, 1.165) is 30.8 Å². The normalized spacial score (nSPS) is 17.3. The molecule has 0 radical (unpaired) electrons. The van der Waals surface area contributed by atoms with Gasteiger partial charge in [0, 0.05) is 24.5 Å². The van der Waals surface area contributed by atoms with Gasteiger partial charge >= 0.3 is 0 Å². The van der Waals surface area contributed by atoms with Crippen molar-refractivity contribution < 1.29 is 14.0 Å². The van der Waals surface area contributed by atoms with E-state index in [1.54, 1.807) is 11.4 Å². The number of anilines is 1. The van der Waals surface area contributed by atoms with Crippen molar-refractivity contribution >= 4 is 28.3 Å². The lowest BCUT2D eigenvalue weighted by Crippen LogP contribution is -2.39. The zero-order chi connectivity index (χ0) is 19.9. The zero-order valence-electron chi connectivity index (χ0n) is 15.9. The number of benzene rings is 1. The highest BCUT2D eigenvalue weighted by molar-refractivity contribution is 7.14. The van der Waals surface area contributed by atoms with Crippen LogP contribution in [0, 0.1) is 5.82 Å². The molecular weight excluding hydrogens is 379 g/mol. The largest absolute Gasteiger partial charge is 0.351 e. The minimum Gasteiger partial charge on any atom is -0.351 e. The average Bonchev–Trinajstić information content (AvgIpc) is 3.15. The van der Waals surface area contributed by atoms with Gasteiger partial charge in [-0.2, -0.15) is 0 Å². The van der Waals surface area contributed by atoms with Gasteiger partial charge in [0.2, 0.25) is 0 Å². The molecule has 1 aromatic carbocycles. The molecule has 2 heterocycles. The van der Waals surface area contributed by atoms with Gasteiger partial charge in [-0.3, -0.25) is 14.9 Å². The van der Waals surface area contributed by atoms with Crippen molar-refractivity contribution in [1.29, 1.82) is 0 Å². The van der Waals surface area contributed by atoms with Gasteiger partial charge < -0.3 is 10.2 Å². The molecule has 0 bridgehead atoms. The lowest BCUT2D eigenvalue weighted by molar-refractivity contribution is 0.0943. The number of halogens is 1. The summed E-state index contributed by atoms with van der Waals surface area (Å²) in [4.78, 5) is 30.9. The van der Waals surface area contributed by atoms with Crippen LogP contribution in [0.3, 0.4) is 0 Å². The number of hydrogen-bond donors (Lipinski definition) is 2. The number of amides is 2. The molecule has 2 N–H and O–H groups in total. The molecule has 1 aliphatic rings. The third-order valence-corrected chi connectivity index (χ3v) is 5.68. The third kappa shape index (κ3) is 5.36. The van der Waals surface area contributed by atoms with Crippen LogP contribution in [0.4, 0.5) is 9.52 Å². The molecule has 3 rings (SSSR count). The third-order valence-electron chi connectivity index (χ3n) is 4.92. The summed E-state index contributed by atoms with van der Waals surface area (Å²) < 4.78 is 13.7. The van der Waals surface area contributed by atoms with E-state index in [1.807, 2.05) is 0 Å². The maximum absolute atomic E-state index is 13.7. The number of piperidine rings is 1. The van der Waals surface area contributed by atoms with Crippen LogP contribution in [0.5, 0.6) is 0 Å². The van der Waals surface area contributed by atoms with E-state index in [4.69, 9.17) is 0 Å². The Bertz CT molecular complexity index is 826. The molecule has 28 heavy (non-hydrogen) atoms. The van der Waals surface area contributed by atoms with E-state index in [-0.39, 0.29) is 22.3 Å². The molecule has 6 nitrogen and oxygen atoms in total. The van der Waals surface area contributed by atoms with Crippen LogP contribution in [0.1, 0.15) is 53.5 Å². The SMILES string of the molecule is CC1CCCCN1CCCNC(=O)c1csc(NC(=O)c2ccccc2F)n1. The molecule has 1 aliphatic heterocycles. The molecule has 1 atom stereocenters. The van der Waals surface area contributed by atoms with Crippen molar-refractivity contribution in [2.75, 3.05) is 25.0 Å². The van der Waals surface area contributed by atoms with Crippen molar-refractivity contribution in [3.05, 3.63) is 46.7 Å². The van der Waals surface area contributed by atoms with Crippen LogP contribution in [0.25, 0.3) is 0 Å². The monoisotopic (exact) mass is 404 g/mol. The molecule has 0 aliphatic carbocycles. The maximum Gasteiger partial charge on any atom is 0.270 e. The van der Waals surface area contributed by atoms with Crippen molar-refractivity contribution in [3.8, 4) is 0 Å². The van der Waals surface area contributed by atoms with Crippen LogP contribution < -0.4 is 10.6 Å². The van der Waals surface area contributed by atoms with Gasteiger partial charge in [-0.1, -0.05) is 18.6 Å². The second-order valence-electron chi connectivity index (χ2n) is 6.96. The highest BCUT2D eigenvalue weighted by Gasteiger charge is 2.18. The molecule has 1 aromatic heterocycles. The fourth-order valence-corrected chi connectivity index (χ4v) is 4.00. The number of aromatic nitrogens is 1. The predicted molar refractivity (Wildman–Crippen MR) is 108 cm³/mol. The minimum atomic E-state index is -0.599. The van der Waals surface area contributed by atoms with E-state index in [0.29, 0.717) is 12.6 Å². The Hall–Kier alpha value is -2.32. The summed E-state index contributed by atoms with van der Waals surface area (Å²) in [6, 6.07) is 6.34. The molecule has 1 fully saturated rings. The molecule has 150 valence electrons. The van der Waals surface area contributed by atoms with Gasteiger partial charge in [-0.25, -0.2) is 9.37 Å². The van der Waals surface area contributed by atoms with Gasteiger partial charge in [0.1, 0.15) is 11.5 Å². The Labute approximate surface area is 168 Å². The van der Waals surface area contributed by atoms with Crippen LogP contribution in [0.2, 0.25) is 0 Å². The minimum absolute atomic E-state index is 0.0596. The molecule has 0 saturated carbocycles. The van der Waals surface area contributed by atoms with E-state index < -0.39 is 11.7 Å². The summed E-state index contributed by atoms with van der Waals surface area (Å²) in [6.07, 6.45) is 4.68. The quantitative estimate of drug-likeness (QED) is 0.693. The number of carbonyl (C=O) groups is 2. The molecular formula is C20H25FN4O2S. The lowest BCUT2D eigenvalue weighted by Gasteiger charge is -2.33. The first kappa shape index (κ1) is 20.4. The van der Waals surface area contributed by atoms with Crippen LogP contribution >= 0.6 is 11.3 Å². The second-order valence-corrected chi connectivity index (χ2v) is 7.82. The van der Waals surface area contributed by atoms with E-state index in [1.165, 1.54) is 37.5 Å². The Morgan fingerprint density at radius 3 is 2.89 bits per heavy atom. The van der Waals surface area contributed by atoms with Gasteiger partial charge in [0.25, 0.3) is 11.8 Å². The molecule has 1 saturated heterocycles. The second kappa shape index (κ2) is 9.75. The fourth-order valence-electron chi connectivity index (χ4n) is 3.31. The number of nitrogens with zero attached hydrogens (tertiary/aromatic N) is 2. The van der Waals surface area contributed by atoms with Crippen LogP contribution in [0.15, 0.2) is 29.6 Å². The summed E-state index contributed by atoms with van der Waals surface area (Å²) in [5.41, 5.74) is 0.191. The molecule has 0 spiro atoms. The first-order valence-corrected chi connectivity index (χ1v) is 10.5. The van der Waals surface area contributed by atoms with Gasteiger partial charge in [0.15, 0.2) is 5.13 Å². The number of likely N-dealkylation sites (tertiary alicyclic amines) is 1. The number of hydrogen-bond acceptors (Lipinski definition) is 5. The van der Waals surface area contributed by atoms with E-state index in [9.17, 15) is 14.0 Å². The van der Waals surface area contributed by atoms with Gasteiger partial charge in [-0.15, -0.1) is 11.3 Å². The number of thiazole rings is 1. The highest BCUT2D eigenvalue weighted by Crippen LogP contribution is 2.18. The first-order valence-electron chi connectivity index (χ1n) is 9.58. The van der Waals surface area contributed by atoms with Crippen molar-refractivity contribution in [3.63, 3.8) is 0 Å². The Balaban J connectivity index is 1.45. The predicted octanol–water partition coefficient (Wildman–Crippen LogP) is 3.53. The lowest BCUT2D eigenvalue weighted by atomic mass is 10.0. The highest BCUT2D eigenvalue weighted by atomic mass is 32.1. The Morgan fingerprint density at radius 1 is 1.29 bits per heavy atom. The zero-order valence-corrected chi connectivity index (χ0v) is 16.7. The summed E-state index contributed by atoms with van der Waals surface area (Å²) in [7, 11) is 0. The van der Waals surface area contributed by atoms with Crippen LogP contribution in [-0.4, -0.2) is 47.4 Å². The smallest absolute Gasteiger partial charge is 0.270 e. The molecule has 1 unspecified atom stereocenters. The standard InChI is InChI=1S/C20H25FN4O2S/c1-14-7-4-5-11-25(14)12-6-10-22-19(27)17-13-28-20(23-17)24-18(26)15-8-2-3-9-16(15)21/h2-3,8-9,13-14H,4-7,10-12H2,1H3,(H,22,27)(H,23,24,26). The van der Waals surface area contributed by atoms with Crippen molar-refractivity contribution in [2.24, 2.45) is 0 Å². The number of carbonyl (C=O) groups excluding carboxylic acids is 2. The maximum atomic E-state index is 13.7. The summed E-state index contributed by atoms with van der Waals surface area (Å²) in [5.74, 6) is -1.46. The summed E-state index contributed by atoms with van der Waals surface area (Å²) in [5, 5.41) is 7.24. The van der Waals surface area contributed by atoms with Crippen LogP contribution in [-0.2, 0) is 0 Å². The topological polar surface area (TPSA) is 74.3 Å². The van der Waals surface area contributed by atoms with Gasteiger partial charge in [-0.05, 0) is 44.9 Å². The summed E-state index contributed by atoms with van der Waals surface area (Å²) in [6.45, 7) is 4.94. The van der Waals surface area contributed by atoms with Crippen molar-refractivity contribution in [1.82, 2.24) is 15.2 Å². The first-order chi connectivity index (χ1) is 13.5. The molecule has 8 heteroatoms. The number of nitrogens with one attached hydrogen (secondary N) is 2. The Morgan fingerprint density at radius 2 is 2.11 bits per heavy atom. The fraction of sp³-hybridized carbons (Fsp3) is 0.450. The van der Waals surface area contributed by atoms with Gasteiger partial charge in [0.05, 0.1) is 5.56 Å². The van der Waals surface area contributed by atoms with E-state index >= 15 is 0 Å². The summed E-state index contributed by atoms with van der Waals surface area (Å²) >= 11 is 1.13. The van der Waals surface area contributed by atoms with E-state index in [2.05, 4.69) is 27.4 Å². The Kier molecular flexibility index (Phi) is 7.11.